The molecule has 142 valence electrons. The van der Waals surface area contributed by atoms with Crippen LogP contribution in [-0.2, 0) is 11.3 Å². The summed E-state index contributed by atoms with van der Waals surface area (Å²) < 4.78 is 19.3. The van der Waals surface area contributed by atoms with Crippen LogP contribution in [0.3, 0.4) is 0 Å². The Balaban J connectivity index is 1.93. The lowest BCUT2D eigenvalue weighted by Crippen LogP contribution is -2.48. The van der Waals surface area contributed by atoms with E-state index in [1.807, 2.05) is 0 Å². The molecule has 0 saturated carbocycles. The molecular weight excluding hydrogens is 347 g/mol. The summed E-state index contributed by atoms with van der Waals surface area (Å²) >= 11 is 0. The third-order valence-electron chi connectivity index (χ3n) is 4.78. The highest BCUT2D eigenvalue weighted by molar-refractivity contribution is 5.97. The Kier molecular flexibility index (Phi) is 6.06. The second-order valence-electron chi connectivity index (χ2n) is 6.56. The van der Waals surface area contributed by atoms with Crippen LogP contribution in [0.2, 0.25) is 0 Å². The zero-order valence-corrected chi connectivity index (χ0v) is 15.3. The summed E-state index contributed by atoms with van der Waals surface area (Å²) in [5, 5.41) is 2.85. The summed E-state index contributed by atoms with van der Waals surface area (Å²) in [6.07, 6.45) is 2.25. The first-order chi connectivity index (χ1) is 13.1. The molecular formula is C21H23FN2O3. The third kappa shape index (κ3) is 4.45. The molecule has 1 heterocycles. The molecule has 0 aliphatic carbocycles. The van der Waals surface area contributed by atoms with Gasteiger partial charge >= 0.3 is 0 Å². The standard InChI is InChI=1S/C21H23FN2O3/c1-27-17-11-9-15(10-12-17)21(26)24(14-16-6-2-3-7-18(16)22)19-8-4-5-13-23-20(19)25/h2-3,6-7,9-12,19H,4-5,8,13-14H2,1H3,(H,23,25). The van der Waals surface area contributed by atoms with Crippen LogP contribution in [0.25, 0.3) is 0 Å². The largest absolute Gasteiger partial charge is 0.497 e. The number of nitrogens with one attached hydrogen (secondary N) is 1. The van der Waals surface area contributed by atoms with E-state index >= 15 is 0 Å². The first-order valence-electron chi connectivity index (χ1n) is 9.06. The van der Waals surface area contributed by atoms with E-state index in [-0.39, 0.29) is 24.2 Å². The molecule has 1 saturated heterocycles. The maximum atomic E-state index is 14.2. The van der Waals surface area contributed by atoms with E-state index in [9.17, 15) is 14.0 Å². The van der Waals surface area contributed by atoms with Crippen molar-refractivity contribution >= 4 is 11.8 Å². The number of hydrogen-bond donors (Lipinski definition) is 1. The number of methoxy groups -OCH3 is 1. The Hall–Kier alpha value is -2.89. The van der Waals surface area contributed by atoms with Crippen molar-refractivity contribution in [3.8, 4) is 5.75 Å². The first-order valence-corrected chi connectivity index (χ1v) is 9.06. The number of amides is 2. The van der Waals surface area contributed by atoms with E-state index in [1.54, 1.807) is 49.6 Å². The van der Waals surface area contributed by atoms with Crippen molar-refractivity contribution in [1.29, 1.82) is 0 Å². The number of rotatable bonds is 5. The maximum absolute atomic E-state index is 14.2. The molecule has 1 atom stereocenters. The Morgan fingerprint density at radius 3 is 2.63 bits per heavy atom. The van der Waals surface area contributed by atoms with Gasteiger partial charge in [0.15, 0.2) is 0 Å². The second kappa shape index (κ2) is 8.66. The maximum Gasteiger partial charge on any atom is 0.254 e. The number of ether oxygens (including phenoxy) is 1. The second-order valence-corrected chi connectivity index (χ2v) is 6.56. The van der Waals surface area contributed by atoms with Crippen LogP contribution in [0.1, 0.15) is 35.2 Å². The molecule has 3 rings (SSSR count). The predicted octanol–water partition coefficient (Wildman–Crippen LogP) is 3.15. The summed E-state index contributed by atoms with van der Waals surface area (Å²) in [4.78, 5) is 27.2. The van der Waals surface area contributed by atoms with Gasteiger partial charge in [0.1, 0.15) is 17.6 Å². The monoisotopic (exact) mass is 370 g/mol. The molecule has 0 spiro atoms. The molecule has 1 fully saturated rings. The Morgan fingerprint density at radius 2 is 1.93 bits per heavy atom. The van der Waals surface area contributed by atoms with Gasteiger partial charge in [-0.25, -0.2) is 4.39 Å². The molecule has 0 aromatic heterocycles. The first kappa shape index (κ1) is 18.9. The van der Waals surface area contributed by atoms with Gasteiger partial charge in [-0.3, -0.25) is 9.59 Å². The Bertz CT molecular complexity index is 807. The molecule has 27 heavy (non-hydrogen) atoms. The lowest BCUT2D eigenvalue weighted by molar-refractivity contribution is -0.125. The molecule has 2 aromatic carbocycles. The van der Waals surface area contributed by atoms with Crippen LogP contribution >= 0.6 is 0 Å². The molecule has 2 aromatic rings. The van der Waals surface area contributed by atoms with E-state index in [0.717, 1.165) is 12.8 Å². The van der Waals surface area contributed by atoms with E-state index in [2.05, 4.69) is 5.32 Å². The number of nitrogens with zero attached hydrogens (tertiary/aromatic N) is 1. The lowest BCUT2D eigenvalue weighted by atomic mass is 10.0. The number of carbonyl (C=O) groups is 2. The summed E-state index contributed by atoms with van der Waals surface area (Å²) in [5.74, 6) is -0.243. The van der Waals surface area contributed by atoms with Gasteiger partial charge in [-0.2, -0.15) is 0 Å². The molecule has 5 nitrogen and oxygen atoms in total. The summed E-state index contributed by atoms with van der Waals surface area (Å²) in [5.41, 5.74) is 0.820. The van der Waals surface area contributed by atoms with Crippen molar-refractivity contribution in [1.82, 2.24) is 10.2 Å². The van der Waals surface area contributed by atoms with Crippen LogP contribution < -0.4 is 10.1 Å². The normalized spacial score (nSPS) is 17.0. The van der Waals surface area contributed by atoms with Gasteiger partial charge in [0.25, 0.3) is 5.91 Å². The van der Waals surface area contributed by atoms with Gasteiger partial charge in [0.2, 0.25) is 5.91 Å². The van der Waals surface area contributed by atoms with Crippen molar-refractivity contribution in [3.63, 3.8) is 0 Å². The number of hydrogen-bond acceptors (Lipinski definition) is 3. The molecule has 0 radical (unpaired) electrons. The highest BCUT2D eigenvalue weighted by Gasteiger charge is 2.32. The number of halogens is 1. The van der Waals surface area contributed by atoms with E-state index in [1.165, 1.54) is 11.0 Å². The Morgan fingerprint density at radius 1 is 1.19 bits per heavy atom. The van der Waals surface area contributed by atoms with Crippen molar-refractivity contribution in [2.24, 2.45) is 0 Å². The van der Waals surface area contributed by atoms with Gasteiger partial charge in [0, 0.05) is 24.2 Å². The number of carbonyl (C=O) groups excluding carboxylic acids is 2. The van der Waals surface area contributed by atoms with E-state index in [4.69, 9.17) is 4.74 Å². The van der Waals surface area contributed by atoms with Crippen molar-refractivity contribution in [2.45, 2.75) is 31.8 Å². The highest BCUT2D eigenvalue weighted by Crippen LogP contribution is 2.21. The predicted molar refractivity (Wildman–Crippen MR) is 99.9 cm³/mol. The average molecular weight is 370 g/mol. The molecule has 0 bridgehead atoms. The van der Waals surface area contributed by atoms with Crippen LogP contribution in [0.5, 0.6) is 5.75 Å². The van der Waals surface area contributed by atoms with E-state index < -0.39 is 6.04 Å². The topological polar surface area (TPSA) is 58.6 Å². The molecule has 1 aliphatic rings. The SMILES string of the molecule is COc1ccc(C(=O)N(Cc2ccccc2F)C2CCCCNC2=O)cc1. The van der Waals surface area contributed by atoms with Crippen LogP contribution in [0.4, 0.5) is 4.39 Å². The zero-order valence-electron chi connectivity index (χ0n) is 15.3. The lowest BCUT2D eigenvalue weighted by Gasteiger charge is -2.30. The smallest absolute Gasteiger partial charge is 0.254 e. The third-order valence-corrected chi connectivity index (χ3v) is 4.78. The minimum Gasteiger partial charge on any atom is -0.497 e. The van der Waals surface area contributed by atoms with Crippen molar-refractivity contribution in [3.05, 3.63) is 65.5 Å². The highest BCUT2D eigenvalue weighted by atomic mass is 19.1. The van der Waals surface area contributed by atoms with Gasteiger partial charge in [-0.15, -0.1) is 0 Å². The molecule has 1 unspecified atom stereocenters. The fraction of sp³-hybridized carbons (Fsp3) is 0.333. The van der Waals surface area contributed by atoms with Crippen LogP contribution in [0.15, 0.2) is 48.5 Å². The minimum absolute atomic E-state index is 0.0373. The molecule has 1 N–H and O–H groups in total. The molecule has 1 aliphatic heterocycles. The summed E-state index contributed by atoms with van der Waals surface area (Å²) in [6.45, 7) is 0.634. The van der Waals surface area contributed by atoms with Crippen molar-refractivity contribution in [2.75, 3.05) is 13.7 Å². The minimum atomic E-state index is -0.623. The average Bonchev–Trinajstić information content (AvgIpc) is 2.91. The van der Waals surface area contributed by atoms with Gasteiger partial charge in [-0.05, 0) is 49.6 Å². The summed E-state index contributed by atoms with van der Waals surface area (Å²) in [6, 6.07) is 12.4. The van der Waals surface area contributed by atoms with E-state index in [0.29, 0.717) is 29.8 Å². The van der Waals surface area contributed by atoms with Gasteiger partial charge in [0.05, 0.1) is 7.11 Å². The van der Waals surface area contributed by atoms with Gasteiger partial charge in [-0.1, -0.05) is 18.2 Å². The van der Waals surface area contributed by atoms with Crippen molar-refractivity contribution < 1.29 is 18.7 Å². The fourth-order valence-electron chi connectivity index (χ4n) is 3.25. The number of benzene rings is 2. The quantitative estimate of drug-likeness (QED) is 0.880. The zero-order chi connectivity index (χ0) is 19.2. The molecule has 6 heteroatoms. The van der Waals surface area contributed by atoms with Gasteiger partial charge < -0.3 is 15.0 Å². The Labute approximate surface area is 158 Å². The van der Waals surface area contributed by atoms with Crippen LogP contribution in [-0.4, -0.2) is 36.4 Å². The summed E-state index contributed by atoms with van der Waals surface area (Å²) in [7, 11) is 1.55. The van der Waals surface area contributed by atoms with Crippen LogP contribution in [0, 0.1) is 5.82 Å². The molecule has 2 amide bonds. The fourth-order valence-corrected chi connectivity index (χ4v) is 3.25.